The smallest absolute Gasteiger partial charge is 0.257 e. The van der Waals surface area contributed by atoms with Crippen LogP contribution in [0, 0.1) is 0 Å². The molecule has 0 spiro atoms. The van der Waals surface area contributed by atoms with Gasteiger partial charge in [0.05, 0.1) is 13.2 Å². The molecule has 1 heterocycles. The Labute approximate surface area is 203 Å². The lowest BCUT2D eigenvalue weighted by Crippen LogP contribution is -2.34. The van der Waals surface area contributed by atoms with E-state index in [0.717, 1.165) is 23.5 Å². The van der Waals surface area contributed by atoms with Gasteiger partial charge < -0.3 is 19.2 Å². The molecule has 0 saturated heterocycles. The number of hydrogen-bond donors (Lipinski definition) is 2. The highest BCUT2D eigenvalue weighted by molar-refractivity contribution is 7.80. The van der Waals surface area contributed by atoms with E-state index in [4.69, 9.17) is 26.1 Å². The maximum Gasteiger partial charge on any atom is 0.257 e. The SMILES string of the molecule is CCCOc1ccc(C(=O)NC(=S)Nc2ccc3oc(-c4ccc(OCC)cc4)nc3c2)cc1. The maximum atomic E-state index is 12.5. The molecule has 0 fully saturated rings. The fraction of sp³-hybridized carbons (Fsp3) is 0.192. The van der Waals surface area contributed by atoms with Gasteiger partial charge in [-0.3, -0.25) is 10.1 Å². The first kappa shape index (κ1) is 23.3. The molecular formula is C26H25N3O4S. The number of fused-ring (bicyclic) bond motifs is 1. The van der Waals surface area contributed by atoms with E-state index in [-0.39, 0.29) is 11.0 Å². The number of anilines is 1. The van der Waals surface area contributed by atoms with Crippen molar-refractivity contribution in [2.24, 2.45) is 0 Å². The van der Waals surface area contributed by atoms with Gasteiger partial charge in [0.1, 0.15) is 17.0 Å². The standard InChI is InChI=1S/C26H25N3O4S/c1-3-15-32-21-10-5-17(6-11-21)24(30)29-26(34)27-19-9-14-23-22(16-19)28-25(33-23)18-7-12-20(13-8-18)31-4-2/h5-14,16H,3-4,15H2,1-2H3,(H2,27,29,30,34). The Hall–Kier alpha value is -3.91. The van der Waals surface area contributed by atoms with E-state index in [1.54, 1.807) is 24.3 Å². The van der Waals surface area contributed by atoms with Gasteiger partial charge in [-0.25, -0.2) is 4.98 Å². The van der Waals surface area contributed by atoms with Gasteiger partial charge in [-0.1, -0.05) is 6.92 Å². The molecule has 1 aromatic heterocycles. The lowest BCUT2D eigenvalue weighted by molar-refractivity contribution is 0.0977. The van der Waals surface area contributed by atoms with Crippen LogP contribution in [0.1, 0.15) is 30.6 Å². The Morgan fingerprint density at radius 2 is 1.68 bits per heavy atom. The topological polar surface area (TPSA) is 85.6 Å². The average molecular weight is 476 g/mol. The van der Waals surface area contributed by atoms with Gasteiger partial charge in [-0.15, -0.1) is 0 Å². The minimum atomic E-state index is -0.306. The molecule has 0 unspecified atom stereocenters. The lowest BCUT2D eigenvalue weighted by Gasteiger charge is -2.10. The molecule has 1 amide bonds. The summed E-state index contributed by atoms with van der Waals surface area (Å²) in [5.41, 5.74) is 3.34. The van der Waals surface area contributed by atoms with E-state index in [0.29, 0.717) is 41.5 Å². The van der Waals surface area contributed by atoms with E-state index < -0.39 is 0 Å². The van der Waals surface area contributed by atoms with Crippen molar-refractivity contribution in [3.05, 3.63) is 72.3 Å². The zero-order valence-electron chi connectivity index (χ0n) is 19.0. The van der Waals surface area contributed by atoms with Crippen LogP contribution in [0.5, 0.6) is 11.5 Å². The summed E-state index contributed by atoms with van der Waals surface area (Å²) >= 11 is 5.31. The van der Waals surface area contributed by atoms with Crippen molar-refractivity contribution in [2.45, 2.75) is 20.3 Å². The number of benzene rings is 3. The quantitative estimate of drug-likeness (QED) is 0.311. The third kappa shape index (κ3) is 5.71. The zero-order chi connectivity index (χ0) is 23.9. The number of nitrogens with one attached hydrogen (secondary N) is 2. The van der Waals surface area contributed by atoms with E-state index in [9.17, 15) is 4.79 Å². The molecule has 0 saturated carbocycles. The number of thiocarbonyl (C=S) groups is 1. The fourth-order valence-electron chi connectivity index (χ4n) is 3.25. The van der Waals surface area contributed by atoms with Gasteiger partial charge in [0.2, 0.25) is 5.89 Å². The van der Waals surface area contributed by atoms with Gasteiger partial charge in [-0.2, -0.15) is 0 Å². The van der Waals surface area contributed by atoms with Crippen LogP contribution in [0.4, 0.5) is 5.69 Å². The molecule has 0 bridgehead atoms. The first-order chi connectivity index (χ1) is 16.6. The average Bonchev–Trinajstić information content (AvgIpc) is 3.27. The Morgan fingerprint density at radius 1 is 0.971 bits per heavy atom. The van der Waals surface area contributed by atoms with Crippen LogP contribution in [-0.2, 0) is 0 Å². The predicted molar refractivity (Wildman–Crippen MR) is 137 cm³/mol. The van der Waals surface area contributed by atoms with E-state index in [1.807, 2.05) is 56.3 Å². The van der Waals surface area contributed by atoms with Crippen LogP contribution in [0.2, 0.25) is 0 Å². The number of carbonyl (C=O) groups is 1. The summed E-state index contributed by atoms with van der Waals surface area (Å²) < 4.78 is 16.9. The van der Waals surface area contributed by atoms with Gasteiger partial charge in [0.25, 0.3) is 5.91 Å². The molecule has 0 aliphatic rings. The van der Waals surface area contributed by atoms with Gasteiger partial charge >= 0.3 is 0 Å². The fourth-order valence-corrected chi connectivity index (χ4v) is 3.46. The Morgan fingerprint density at radius 3 is 2.38 bits per heavy atom. The number of ether oxygens (including phenoxy) is 2. The highest BCUT2D eigenvalue weighted by Gasteiger charge is 2.11. The molecule has 7 nitrogen and oxygen atoms in total. The second-order valence-corrected chi connectivity index (χ2v) is 7.85. The molecule has 174 valence electrons. The number of hydrogen-bond acceptors (Lipinski definition) is 6. The minimum Gasteiger partial charge on any atom is -0.494 e. The Kier molecular flexibility index (Phi) is 7.39. The number of aromatic nitrogens is 1. The number of rotatable bonds is 8. The summed E-state index contributed by atoms with van der Waals surface area (Å²) in [6.07, 6.45) is 0.922. The number of amides is 1. The normalized spacial score (nSPS) is 10.6. The van der Waals surface area contributed by atoms with E-state index >= 15 is 0 Å². The molecule has 0 aliphatic carbocycles. The Balaban J connectivity index is 1.39. The molecular weight excluding hydrogens is 450 g/mol. The molecule has 0 radical (unpaired) electrons. The summed E-state index contributed by atoms with van der Waals surface area (Å²) in [5.74, 6) is 1.73. The molecule has 0 aliphatic heterocycles. The maximum absolute atomic E-state index is 12.5. The number of nitrogens with zero attached hydrogens (tertiary/aromatic N) is 1. The molecule has 0 atom stereocenters. The summed E-state index contributed by atoms with van der Waals surface area (Å²) in [4.78, 5) is 17.1. The summed E-state index contributed by atoms with van der Waals surface area (Å²) in [5, 5.41) is 5.89. The van der Waals surface area contributed by atoms with Crippen LogP contribution in [0.25, 0.3) is 22.6 Å². The molecule has 4 rings (SSSR count). The molecule has 8 heteroatoms. The summed E-state index contributed by atoms with van der Waals surface area (Å²) in [6, 6.07) is 19.9. The molecule has 2 N–H and O–H groups in total. The highest BCUT2D eigenvalue weighted by atomic mass is 32.1. The van der Waals surface area contributed by atoms with Gasteiger partial charge in [-0.05, 0) is 92.3 Å². The monoisotopic (exact) mass is 475 g/mol. The van der Waals surface area contributed by atoms with Gasteiger partial charge in [0.15, 0.2) is 10.7 Å². The van der Waals surface area contributed by atoms with Crippen LogP contribution in [-0.4, -0.2) is 29.2 Å². The Bertz CT molecular complexity index is 1280. The van der Waals surface area contributed by atoms with Crippen molar-refractivity contribution in [3.8, 4) is 23.0 Å². The first-order valence-electron chi connectivity index (χ1n) is 11.0. The highest BCUT2D eigenvalue weighted by Crippen LogP contribution is 2.27. The van der Waals surface area contributed by atoms with E-state index in [2.05, 4.69) is 15.6 Å². The van der Waals surface area contributed by atoms with Crippen molar-refractivity contribution < 1.29 is 18.7 Å². The van der Waals surface area contributed by atoms with Crippen molar-refractivity contribution in [2.75, 3.05) is 18.5 Å². The predicted octanol–water partition coefficient (Wildman–Crippen LogP) is 5.81. The van der Waals surface area contributed by atoms with E-state index in [1.165, 1.54) is 0 Å². The number of oxazole rings is 1. The van der Waals surface area contributed by atoms with Crippen LogP contribution < -0.4 is 20.1 Å². The van der Waals surface area contributed by atoms with Gasteiger partial charge in [0, 0.05) is 16.8 Å². The second kappa shape index (κ2) is 10.8. The number of carbonyl (C=O) groups excluding carboxylic acids is 1. The van der Waals surface area contributed by atoms with Crippen molar-refractivity contribution >= 4 is 40.0 Å². The van der Waals surface area contributed by atoms with Crippen LogP contribution in [0.3, 0.4) is 0 Å². The lowest BCUT2D eigenvalue weighted by atomic mass is 10.2. The second-order valence-electron chi connectivity index (χ2n) is 7.44. The first-order valence-corrected chi connectivity index (χ1v) is 11.5. The summed E-state index contributed by atoms with van der Waals surface area (Å²) in [7, 11) is 0. The third-order valence-corrected chi connectivity index (χ3v) is 5.08. The van der Waals surface area contributed by atoms with Crippen LogP contribution in [0.15, 0.2) is 71.1 Å². The summed E-state index contributed by atoms with van der Waals surface area (Å²) in [6.45, 7) is 5.23. The largest absolute Gasteiger partial charge is 0.494 e. The molecule has 3 aromatic carbocycles. The molecule has 4 aromatic rings. The van der Waals surface area contributed by atoms with Crippen molar-refractivity contribution in [1.29, 1.82) is 0 Å². The van der Waals surface area contributed by atoms with Crippen molar-refractivity contribution in [3.63, 3.8) is 0 Å². The molecule has 34 heavy (non-hydrogen) atoms. The van der Waals surface area contributed by atoms with Crippen molar-refractivity contribution in [1.82, 2.24) is 10.3 Å². The third-order valence-electron chi connectivity index (χ3n) is 4.87. The minimum absolute atomic E-state index is 0.186. The van der Waals surface area contributed by atoms with Crippen LogP contribution >= 0.6 is 12.2 Å². The zero-order valence-corrected chi connectivity index (χ0v) is 19.8.